The number of benzene rings is 1. The Hall–Kier alpha value is -3.94. The van der Waals surface area contributed by atoms with Gasteiger partial charge in [-0.05, 0) is 44.0 Å². The molecule has 1 aromatic carbocycles. The van der Waals surface area contributed by atoms with Crippen molar-refractivity contribution in [3.05, 3.63) is 59.5 Å². The van der Waals surface area contributed by atoms with E-state index >= 15 is 0 Å². The van der Waals surface area contributed by atoms with E-state index in [9.17, 15) is 4.79 Å². The number of hydrogen-bond acceptors (Lipinski definition) is 7. The maximum absolute atomic E-state index is 12.5. The van der Waals surface area contributed by atoms with E-state index < -0.39 is 0 Å². The summed E-state index contributed by atoms with van der Waals surface area (Å²) in [6, 6.07) is 9.02. The van der Waals surface area contributed by atoms with Crippen LogP contribution in [0.25, 0.3) is 0 Å². The largest absolute Gasteiger partial charge is 0.379 e. The Morgan fingerprint density at radius 3 is 2.65 bits per heavy atom. The third-order valence-corrected chi connectivity index (χ3v) is 6.30. The Bertz CT molecular complexity index is 1270. The first-order chi connectivity index (χ1) is 18.1. The lowest BCUT2D eigenvalue weighted by Crippen LogP contribution is -2.37. The molecule has 10 nitrogen and oxygen atoms in total. The monoisotopic (exact) mass is 500 g/mol. The summed E-state index contributed by atoms with van der Waals surface area (Å²) in [5, 5.41) is 13.5. The molecule has 2 aliphatic rings. The first-order valence-electron chi connectivity index (χ1n) is 12.7. The molecule has 2 aromatic heterocycles. The van der Waals surface area contributed by atoms with Crippen molar-refractivity contribution in [3.8, 4) is 11.8 Å². The first kappa shape index (κ1) is 24.7. The highest BCUT2D eigenvalue weighted by Crippen LogP contribution is 2.39. The molecular formula is C27H32N8O2. The minimum Gasteiger partial charge on any atom is -0.379 e. The van der Waals surface area contributed by atoms with Gasteiger partial charge >= 0.3 is 6.03 Å². The van der Waals surface area contributed by atoms with Gasteiger partial charge in [0.25, 0.3) is 0 Å². The van der Waals surface area contributed by atoms with Gasteiger partial charge in [-0.25, -0.2) is 14.8 Å². The summed E-state index contributed by atoms with van der Waals surface area (Å²) in [5.41, 5.74) is 3.19. The molecular weight excluding hydrogens is 468 g/mol. The summed E-state index contributed by atoms with van der Waals surface area (Å²) in [6.45, 7) is 5.51. The van der Waals surface area contributed by atoms with Crippen LogP contribution in [0.15, 0.2) is 42.7 Å². The van der Waals surface area contributed by atoms with Crippen LogP contribution < -0.4 is 16.0 Å². The fourth-order valence-electron chi connectivity index (χ4n) is 4.09. The van der Waals surface area contributed by atoms with Gasteiger partial charge in [-0.1, -0.05) is 17.9 Å². The maximum Gasteiger partial charge on any atom is 0.324 e. The number of anilines is 3. The molecule has 0 bridgehead atoms. The van der Waals surface area contributed by atoms with Gasteiger partial charge in [-0.2, -0.15) is 5.10 Å². The fraction of sp³-hybridized carbons (Fsp3) is 0.407. The summed E-state index contributed by atoms with van der Waals surface area (Å²) in [6.07, 6.45) is 6.78. The quantitative estimate of drug-likeness (QED) is 0.322. The summed E-state index contributed by atoms with van der Waals surface area (Å²) in [4.78, 5) is 23.6. The minimum absolute atomic E-state index is 0.322. The van der Waals surface area contributed by atoms with Crippen LogP contribution in [0.1, 0.15) is 42.0 Å². The molecule has 0 atom stereocenters. The van der Waals surface area contributed by atoms with Gasteiger partial charge in [0, 0.05) is 62.3 Å². The van der Waals surface area contributed by atoms with E-state index in [0.29, 0.717) is 23.4 Å². The summed E-state index contributed by atoms with van der Waals surface area (Å²) in [5.74, 6) is 8.00. The molecule has 0 unspecified atom stereocenters. The number of carbonyl (C=O) groups excluding carboxylic acids is 1. The number of carbonyl (C=O) groups is 1. The van der Waals surface area contributed by atoms with Crippen LogP contribution in [-0.2, 0) is 11.8 Å². The molecule has 0 spiro atoms. The van der Waals surface area contributed by atoms with Crippen LogP contribution in [0, 0.1) is 11.8 Å². The first-order valence-corrected chi connectivity index (χ1v) is 12.7. The van der Waals surface area contributed by atoms with Crippen molar-refractivity contribution in [2.45, 2.75) is 25.2 Å². The second kappa shape index (κ2) is 11.9. The Kier molecular flexibility index (Phi) is 7.93. The molecule has 2 fully saturated rings. The van der Waals surface area contributed by atoms with Gasteiger partial charge in [-0.15, -0.1) is 0 Å². The topological polar surface area (TPSA) is 109 Å². The Balaban J connectivity index is 1.10. The second-order valence-corrected chi connectivity index (χ2v) is 9.29. The molecule has 3 N–H and O–H groups in total. The van der Waals surface area contributed by atoms with E-state index in [1.165, 1.54) is 12.8 Å². The zero-order valence-electron chi connectivity index (χ0n) is 21.0. The van der Waals surface area contributed by atoms with Crippen LogP contribution in [0.3, 0.4) is 0 Å². The fourth-order valence-corrected chi connectivity index (χ4v) is 4.09. The number of nitrogens with zero attached hydrogens (tertiary/aromatic N) is 5. The molecule has 3 heterocycles. The Morgan fingerprint density at radius 2 is 1.86 bits per heavy atom. The van der Waals surface area contributed by atoms with Crippen molar-refractivity contribution in [3.63, 3.8) is 0 Å². The van der Waals surface area contributed by atoms with Crippen LogP contribution in [0.5, 0.6) is 0 Å². The average molecular weight is 501 g/mol. The predicted molar refractivity (Wildman–Crippen MR) is 143 cm³/mol. The molecule has 1 aliphatic carbocycles. The molecule has 0 radical (unpaired) electrons. The number of amides is 2. The standard InChI is InChI=1S/C27H32N8O2/c1-34-25(17-24(33-34)22-8-9-22)32-27(36)31-23-5-2-4-20(16-23)6-7-21-18-29-26(30-19-21)28-10-3-11-35-12-14-37-15-13-35/h2,4-5,16-19,22H,3,8-15H2,1H3,(H,28,29,30)(H2,31,32,36). The number of aromatic nitrogens is 4. The number of morpholine rings is 1. The summed E-state index contributed by atoms with van der Waals surface area (Å²) >= 11 is 0. The zero-order valence-corrected chi connectivity index (χ0v) is 21.0. The number of hydrogen-bond donors (Lipinski definition) is 3. The van der Waals surface area contributed by atoms with E-state index in [2.05, 4.69) is 47.8 Å². The van der Waals surface area contributed by atoms with Crippen LogP contribution in [-0.4, -0.2) is 70.1 Å². The van der Waals surface area contributed by atoms with E-state index in [1.807, 2.05) is 37.4 Å². The highest BCUT2D eigenvalue weighted by molar-refractivity contribution is 5.99. The second-order valence-electron chi connectivity index (χ2n) is 9.29. The zero-order chi connectivity index (χ0) is 25.5. The van der Waals surface area contributed by atoms with E-state index in [-0.39, 0.29) is 6.03 Å². The minimum atomic E-state index is -0.322. The van der Waals surface area contributed by atoms with E-state index in [1.54, 1.807) is 17.1 Å². The summed E-state index contributed by atoms with van der Waals surface area (Å²) < 4.78 is 7.07. The van der Waals surface area contributed by atoms with Gasteiger partial charge in [0.15, 0.2) is 0 Å². The van der Waals surface area contributed by atoms with Crippen molar-refractivity contribution < 1.29 is 9.53 Å². The molecule has 1 aliphatic heterocycles. The lowest BCUT2D eigenvalue weighted by Gasteiger charge is -2.26. The van der Waals surface area contributed by atoms with Crippen molar-refractivity contribution >= 4 is 23.5 Å². The molecule has 3 aromatic rings. The molecule has 37 heavy (non-hydrogen) atoms. The third kappa shape index (κ3) is 7.29. The third-order valence-electron chi connectivity index (χ3n) is 6.30. The predicted octanol–water partition coefficient (Wildman–Crippen LogP) is 3.27. The highest BCUT2D eigenvalue weighted by atomic mass is 16.5. The highest BCUT2D eigenvalue weighted by Gasteiger charge is 2.27. The van der Waals surface area contributed by atoms with Crippen LogP contribution >= 0.6 is 0 Å². The van der Waals surface area contributed by atoms with E-state index in [0.717, 1.165) is 62.6 Å². The smallest absolute Gasteiger partial charge is 0.324 e. The SMILES string of the molecule is Cn1nc(C2CC2)cc1NC(=O)Nc1cccc(C#Cc2cnc(NCCCN3CCOCC3)nc2)c1. The van der Waals surface area contributed by atoms with Crippen LogP contribution in [0.4, 0.5) is 22.2 Å². The summed E-state index contributed by atoms with van der Waals surface area (Å²) in [7, 11) is 1.83. The van der Waals surface area contributed by atoms with Gasteiger partial charge in [0.1, 0.15) is 5.82 Å². The normalized spacial score (nSPS) is 15.5. The van der Waals surface area contributed by atoms with Gasteiger partial charge in [-0.3, -0.25) is 14.9 Å². The molecule has 192 valence electrons. The van der Waals surface area contributed by atoms with Gasteiger partial charge in [0.05, 0.1) is 24.5 Å². The number of nitrogens with one attached hydrogen (secondary N) is 3. The number of rotatable bonds is 8. The lowest BCUT2D eigenvalue weighted by molar-refractivity contribution is 0.0378. The number of ether oxygens (including phenoxy) is 1. The Labute approximate surface area is 216 Å². The number of aryl methyl sites for hydroxylation is 1. The molecule has 1 saturated heterocycles. The Morgan fingerprint density at radius 1 is 1.08 bits per heavy atom. The van der Waals surface area contributed by atoms with Crippen molar-refractivity contribution in [2.75, 3.05) is 55.3 Å². The molecule has 10 heteroatoms. The average Bonchev–Trinajstić information content (AvgIpc) is 3.70. The molecule has 1 saturated carbocycles. The van der Waals surface area contributed by atoms with Gasteiger partial charge < -0.3 is 15.4 Å². The maximum atomic E-state index is 12.5. The number of urea groups is 1. The van der Waals surface area contributed by atoms with Crippen molar-refractivity contribution in [1.29, 1.82) is 0 Å². The molecule has 5 rings (SSSR count). The van der Waals surface area contributed by atoms with Crippen LogP contribution in [0.2, 0.25) is 0 Å². The van der Waals surface area contributed by atoms with Gasteiger partial charge in [0.2, 0.25) is 5.95 Å². The molecule has 2 amide bonds. The van der Waals surface area contributed by atoms with Crippen molar-refractivity contribution in [2.24, 2.45) is 7.05 Å². The van der Waals surface area contributed by atoms with Crippen molar-refractivity contribution in [1.82, 2.24) is 24.6 Å². The van der Waals surface area contributed by atoms with E-state index in [4.69, 9.17) is 4.74 Å². The lowest BCUT2D eigenvalue weighted by atomic mass is 10.2.